The molecule has 0 amide bonds. The van der Waals surface area contributed by atoms with Crippen molar-refractivity contribution >= 4 is 27.3 Å². The third kappa shape index (κ3) is 3.13. The van der Waals surface area contributed by atoms with Gasteiger partial charge < -0.3 is 0 Å². The second-order valence-corrected chi connectivity index (χ2v) is 7.79. The number of hydrogen-bond donors (Lipinski definition) is 0. The summed E-state index contributed by atoms with van der Waals surface area (Å²) in [4.78, 5) is 0.298. The first-order chi connectivity index (χ1) is 10.2. The molecule has 0 saturated heterocycles. The summed E-state index contributed by atoms with van der Waals surface area (Å²) in [6, 6.07) is 12.3. The Morgan fingerprint density at radius 2 is 1.59 bits per heavy atom. The third-order valence-corrected chi connectivity index (χ3v) is 6.03. The van der Waals surface area contributed by atoms with E-state index in [0.717, 1.165) is 5.56 Å². The van der Waals surface area contributed by atoms with Crippen molar-refractivity contribution in [3.8, 4) is 0 Å². The van der Waals surface area contributed by atoms with Gasteiger partial charge in [0.2, 0.25) is 0 Å². The summed E-state index contributed by atoms with van der Waals surface area (Å²) in [5.74, 6) is 0. The molecule has 0 atom stereocenters. The van der Waals surface area contributed by atoms with E-state index in [1.807, 2.05) is 39.0 Å². The smallest absolute Gasteiger partial charge is 0.264 e. The second kappa shape index (κ2) is 6.31. The van der Waals surface area contributed by atoms with Gasteiger partial charge in [0, 0.05) is 11.1 Å². The summed E-state index contributed by atoms with van der Waals surface area (Å²) in [6.45, 7) is 7.30. The van der Waals surface area contributed by atoms with E-state index >= 15 is 0 Å². The van der Waals surface area contributed by atoms with Crippen LogP contribution in [0.4, 0.5) is 5.69 Å². The molecule has 0 fully saturated rings. The van der Waals surface area contributed by atoms with Gasteiger partial charge in [-0.25, -0.2) is 8.42 Å². The first-order valence-corrected chi connectivity index (χ1v) is 8.93. The van der Waals surface area contributed by atoms with Gasteiger partial charge in [-0.15, -0.1) is 0 Å². The van der Waals surface area contributed by atoms with E-state index in [1.54, 1.807) is 31.2 Å². The summed E-state index contributed by atoms with van der Waals surface area (Å²) in [6.07, 6.45) is 0. The molecule has 0 aromatic heterocycles. The lowest BCUT2D eigenvalue weighted by molar-refractivity contribution is 0.583. The molecule has 22 heavy (non-hydrogen) atoms. The molecule has 3 nitrogen and oxygen atoms in total. The fraction of sp³-hybridized carbons (Fsp3) is 0.294. The Kier molecular flexibility index (Phi) is 4.83. The number of nitrogens with zero attached hydrogens (tertiary/aromatic N) is 1. The lowest BCUT2D eigenvalue weighted by Crippen LogP contribution is -2.37. The van der Waals surface area contributed by atoms with E-state index in [2.05, 4.69) is 0 Å². The number of hydrogen-bond acceptors (Lipinski definition) is 2. The number of para-hydroxylation sites is 1. The van der Waals surface area contributed by atoms with E-state index in [9.17, 15) is 8.42 Å². The Morgan fingerprint density at radius 1 is 1.00 bits per heavy atom. The van der Waals surface area contributed by atoms with Crippen molar-refractivity contribution in [2.45, 2.75) is 38.6 Å². The highest BCUT2D eigenvalue weighted by molar-refractivity contribution is 7.93. The molecular weight excluding hydrogens is 318 g/mol. The van der Waals surface area contributed by atoms with E-state index in [-0.39, 0.29) is 6.04 Å². The molecule has 0 unspecified atom stereocenters. The molecule has 5 heteroatoms. The Hall–Kier alpha value is -1.52. The summed E-state index contributed by atoms with van der Waals surface area (Å²) >= 11 is 6.09. The molecule has 0 saturated carbocycles. The van der Waals surface area contributed by atoms with Crippen LogP contribution < -0.4 is 4.31 Å². The van der Waals surface area contributed by atoms with Crippen LogP contribution in [0.15, 0.2) is 47.4 Å². The quantitative estimate of drug-likeness (QED) is 0.820. The van der Waals surface area contributed by atoms with Crippen LogP contribution in [-0.2, 0) is 10.0 Å². The van der Waals surface area contributed by atoms with Gasteiger partial charge in [0.1, 0.15) is 0 Å². The molecule has 0 N–H and O–H groups in total. The standard InChI is InChI=1S/C17H20ClNO2S/c1-12(2)19(15-8-6-5-7-9-15)22(20,21)17-11-13(3)16(18)10-14(17)4/h5-12H,1-4H3. The van der Waals surface area contributed by atoms with Gasteiger partial charge in [-0.2, -0.15) is 0 Å². The first-order valence-electron chi connectivity index (χ1n) is 7.11. The second-order valence-electron chi connectivity index (χ2n) is 5.60. The predicted molar refractivity (Wildman–Crippen MR) is 92.2 cm³/mol. The minimum atomic E-state index is -3.65. The monoisotopic (exact) mass is 337 g/mol. The number of benzene rings is 2. The van der Waals surface area contributed by atoms with Gasteiger partial charge in [0.05, 0.1) is 10.6 Å². The fourth-order valence-corrected chi connectivity index (χ4v) is 4.60. The summed E-state index contributed by atoms with van der Waals surface area (Å²) in [5, 5.41) is 0.576. The van der Waals surface area contributed by atoms with Crippen molar-refractivity contribution in [2.75, 3.05) is 4.31 Å². The van der Waals surface area contributed by atoms with Crippen LogP contribution in [0, 0.1) is 13.8 Å². The molecule has 0 aliphatic heterocycles. The Bertz CT molecular complexity index is 771. The minimum absolute atomic E-state index is 0.192. The summed E-state index contributed by atoms with van der Waals surface area (Å²) in [5.41, 5.74) is 2.06. The maximum atomic E-state index is 13.1. The van der Waals surface area contributed by atoms with Crippen molar-refractivity contribution in [2.24, 2.45) is 0 Å². The first kappa shape index (κ1) is 16.8. The van der Waals surface area contributed by atoms with E-state index in [1.165, 1.54) is 4.31 Å². The van der Waals surface area contributed by atoms with Gasteiger partial charge in [0.15, 0.2) is 0 Å². The van der Waals surface area contributed by atoms with Gasteiger partial charge >= 0.3 is 0 Å². The zero-order chi connectivity index (χ0) is 16.5. The topological polar surface area (TPSA) is 37.4 Å². The van der Waals surface area contributed by atoms with Crippen LogP contribution in [0.25, 0.3) is 0 Å². The van der Waals surface area contributed by atoms with Crippen LogP contribution in [0.2, 0.25) is 5.02 Å². The van der Waals surface area contributed by atoms with Crippen molar-refractivity contribution in [1.29, 1.82) is 0 Å². The van der Waals surface area contributed by atoms with E-state index in [4.69, 9.17) is 11.6 Å². The van der Waals surface area contributed by atoms with E-state index in [0.29, 0.717) is 21.2 Å². The Labute approximate surface area is 137 Å². The number of sulfonamides is 1. The number of aryl methyl sites for hydroxylation is 2. The van der Waals surface area contributed by atoms with Crippen molar-refractivity contribution in [1.82, 2.24) is 0 Å². The van der Waals surface area contributed by atoms with Crippen molar-refractivity contribution in [3.05, 3.63) is 58.6 Å². The molecule has 2 aromatic rings. The van der Waals surface area contributed by atoms with Gasteiger partial charge in [0.25, 0.3) is 10.0 Å². The zero-order valence-electron chi connectivity index (χ0n) is 13.2. The highest BCUT2D eigenvalue weighted by Crippen LogP contribution is 2.30. The lowest BCUT2D eigenvalue weighted by atomic mass is 10.2. The largest absolute Gasteiger partial charge is 0.264 e. The number of halogens is 1. The van der Waals surface area contributed by atoms with Crippen LogP contribution in [-0.4, -0.2) is 14.5 Å². The van der Waals surface area contributed by atoms with E-state index < -0.39 is 10.0 Å². The van der Waals surface area contributed by atoms with Gasteiger partial charge in [-0.1, -0.05) is 29.8 Å². The molecular formula is C17H20ClNO2S. The Balaban J connectivity index is 2.64. The summed E-state index contributed by atoms with van der Waals surface area (Å²) < 4.78 is 27.7. The fourth-order valence-electron chi connectivity index (χ4n) is 2.43. The zero-order valence-corrected chi connectivity index (χ0v) is 14.7. The average molecular weight is 338 g/mol. The molecule has 0 heterocycles. The maximum Gasteiger partial charge on any atom is 0.264 e. The van der Waals surface area contributed by atoms with Crippen LogP contribution in [0.3, 0.4) is 0 Å². The molecule has 0 aliphatic carbocycles. The van der Waals surface area contributed by atoms with Gasteiger partial charge in [-0.3, -0.25) is 4.31 Å². The SMILES string of the molecule is Cc1cc(S(=O)(=O)N(c2ccccc2)C(C)C)c(C)cc1Cl. The molecule has 0 spiro atoms. The van der Waals surface area contributed by atoms with Crippen LogP contribution in [0.1, 0.15) is 25.0 Å². The molecule has 0 aliphatic rings. The molecule has 2 aromatic carbocycles. The number of anilines is 1. The lowest BCUT2D eigenvalue weighted by Gasteiger charge is -2.29. The average Bonchev–Trinajstić information content (AvgIpc) is 2.43. The van der Waals surface area contributed by atoms with Crippen molar-refractivity contribution < 1.29 is 8.42 Å². The molecule has 2 rings (SSSR count). The number of rotatable bonds is 4. The summed E-state index contributed by atoms with van der Waals surface area (Å²) in [7, 11) is -3.65. The molecule has 0 radical (unpaired) electrons. The molecule has 118 valence electrons. The van der Waals surface area contributed by atoms with Gasteiger partial charge in [-0.05, 0) is 63.1 Å². The highest BCUT2D eigenvalue weighted by atomic mass is 35.5. The predicted octanol–water partition coefficient (Wildman–Crippen LogP) is 4.56. The minimum Gasteiger partial charge on any atom is -0.264 e. The molecule has 0 bridgehead atoms. The highest BCUT2D eigenvalue weighted by Gasteiger charge is 2.29. The van der Waals surface area contributed by atoms with Crippen LogP contribution >= 0.6 is 11.6 Å². The maximum absolute atomic E-state index is 13.1. The van der Waals surface area contributed by atoms with Crippen molar-refractivity contribution in [3.63, 3.8) is 0 Å². The third-order valence-electron chi connectivity index (χ3n) is 3.47. The Morgan fingerprint density at radius 3 is 2.14 bits per heavy atom. The van der Waals surface area contributed by atoms with Crippen LogP contribution in [0.5, 0.6) is 0 Å². The normalized spacial score (nSPS) is 11.7.